The minimum Gasteiger partial charge on any atom is -0.465 e. The SMILES string of the molecule is CCNC(=O)CN(C)C(=O)CCC(CO)NC(=O)C(CC1CCCCC1)NC(=O)O. The van der Waals surface area contributed by atoms with E-state index in [2.05, 4.69) is 16.0 Å². The Hall–Kier alpha value is -2.36. The minimum atomic E-state index is -1.27. The summed E-state index contributed by atoms with van der Waals surface area (Å²) in [4.78, 5) is 48.8. The van der Waals surface area contributed by atoms with E-state index in [-0.39, 0.29) is 37.8 Å². The van der Waals surface area contributed by atoms with Crippen molar-refractivity contribution in [3.05, 3.63) is 0 Å². The van der Waals surface area contributed by atoms with Gasteiger partial charge in [0.2, 0.25) is 17.7 Å². The van der Waals surface area contributed by atoms with Gasteiger partial charge >= 0.3 is 6.09 Å². The Labute approximate surface area is 177 Å². The largest absolute Gasteiger partial charge is 0.465 e. The number of likely N-dealkylation sites (N-methyl/N-ethyl adjacent to an activating group) is 2. The van der Waals surface area contributed by atoms with Crippen molar-refractivity contribution in [1.29, 1.82) is 0 Å². The third kappa shape index (κ3) is 9.91. The topological polar surface area (TPSA) is 148 Å². The quantitative estimate of drug-likeness (QED) is 0.305. The van der Waals surface area contributed by atoms with Crippen molar-refractivity contribution in [2.24, 2.45) is 5.92 Å². The van der Waals surface area contributed by atoms with Gasteiger partial charge in [0.15, 0.2) is 0 Å². The van der Waals surface area contributed by atoms with Crippen molar-refractivity contribution in [3.8, 4) is 0 Å². The molecule has 4 amide bonds. The third-order valence-electron chi connectivity index (χ3n) is 5.36. The number of nitrogens with zero attached hydrogens (tertiary/aromatic N) is 1. The van der Waals surface area contributed by atoms with Crippen molar-refractivity contribution in [2.75, 3.05) is 26.7 Å². The Bertz CT molecular complexity index is 580. The van der Waals surface area contributed by atoms with Crippen LogP contribution < -0.4 is 16.0 Å². The molecule has 0 heterocycles. The Morgan fingerprint density at radius 2 is 1.77 bits per heavy atom. The molecule has 1 rings (SSSR count). The lowest BCUT2D eigenvalue weighted by Crippen LogP contribution is -2.51. The van der Waals surface area contributed by atoms with E-state index < -0.39 is 24.1 Å². The molecule has 0 saturated heterocycles. The summed E-state index contributed by atoms with van der Waals surface area (Å²) in [5.41, 5.74) is 0. The van der Waals surface area contributed by atoms with E-state index in [9.17, 15) is 24.3 Å². The van der Waals surface area contributed by atoms with Crippen molar-refractivity contribution in [2.45, 2.75) is 70.4 Å². The molecular formula is C20H36N4O6. The lowest BCUT2D eigenvalue weighted by molar-refractivity contribution is -0.135. The molecular weight excluding hydrogens is 392 g/mol. The van der Waals surface area contributed by atoms with Gasteiger partial charge in [-0.15, -0.1) is 0 Å². The number of carboxylic acid groups (broad SMARTS) is 1. The number of aliphatic hydroxyl groups is 1. The molecule has 0 aromatic heterocycles. The summed E-state index contributed by atoms with van der Waals surface area (Å²) in [6, 6.07) is -1.57. The second-order valence-electron chi connectivity index (χ2n) is 7.87. The van der Waals surface area contributed by atoms with Gasteiger partial charge in [0.05, 0.1) is 19.2 Å². The smallest absolute Gasteiger partial charge is 0.405 e. The van der Waals surface area contributed by atoms with Crippen molar-refractivity contribution < 1.29 is 29.4 Å². The number of carbonyl (C=O) groups is 4. The maximum Gasteiger partial charge on any atom is 0.405 e. The molecule has 0 radical (unpaired) electrons. The lowest BCUT2D eigenvalue weighted by Gasteiger charge is -2.27. The maximum atomic E-state index is 12.6. The predicted octanol–water partition coefficient (Wildman–Crippen LogP) is 0.445. The number of rotatable bonds is 12. The van der Waals surface area contributed by atoms with Crippen LogP contribution in [0, 0.1) is 5.92 Å². The highest BCUT2D eigenvalue weighted by atomic mass is 16.4. The zero-order chi connectivity index (χ0) is 22.5. The van der Waals surface area contributed by atoms with Gasteiger partial charge in [0.25, 0.3) is 0 Å². The second-order valence-corrected chi connectivity index (χ2v) is 7.87. The summed E-state index contributed by atoms with van der Waals surface area (Å²) >= 11 is 0. The molecule has 1 saturated carbocycles. The van der Waals surface area contributed by atoms with Crippen LogP contribution in [-0.4, -0.2) is 77.8 Å². The molecule has 0 bridgehead atoms. The maximum absolute atomic E-state index is 12.6. The van der Waals surface area contributed by atoms with E-state index in [0.717, 1.165) is 32.1 Å². The first-order valence-electron chi connectivity index (χ1n) is 10.7. The summed E-state index contributed by atoms with van der Waals surface area (Å²) < 4.78 is 0. The summed E-state index contributed by atoms with van der Waals surface area (Å²) in [6.45, 7) is 1.83. The van der Waals surface area contributed by atoms with Gasteiger partial charge < -0.3 is 31.1 Å². The molecule has 172 valence electrons. The van der Waals surface area contributed by atoms with Crippen LogP contribution >= 0.6 is 0 Å². The first-order chi connectivity index (χ1) is 14.3. The number of hydrogen-bond donors (Lipinski definition) is 5. The van der Waals surface area contributed by atoms with Gasteiger partial charge in [-0.1, -0.05) is 32.1 Å². The number of aliphatic hydroxyl groups excluding tert-OH is 1. The molecule has 1 aliphatic rings. The van der Waals surface area contributed by atoms with Crippen LogP contribution in [0.2, 0.25) is 0 Å². The van der Waals surface area contributed by atoms with Gasteiger partial charge in [-0.3, -0.25) is 14.4 Å². The summed E-state index contributed by atoms with van der Waals surface area (Å²) in [5, 5.41) is 26.2. The zero-order valence-corrected chi connectivity index (χ0v) is 18.0. The van der Waals surface area contributed by atoms with Crippen LogP contribution in [0.25, 0.3) is 0 Å². The minimum absolute atomic E-state index is 0.0427. The van der Waals surface area contributed by atoms with Gasteiger partial charge in [-0.05, 0) is 25.7 Å². The predicted molar refractivity (Wildman–Crippen MR) is 111 cm³/mol. The average Bonchev–Trinajstić information content (AvgIpc) is 2.70. The summed E-state index contributed by atoms with van der Waals surface area (Å²) in [6.07, 6.45) is 4.65. The molecule has 10 nitrogen and oxygen atoms in total. The van der Waals surface area contributed by atoms with E-state index in [4.69, 9.17) is 5.11 Å². The summed E-state index contributed by atoms with van der Waals surface area (Å²) in [7, 11) is 1.51. The van der Waals surface area contributed by atoms with Gasteiger partial charge in [-0.25, -0.2) is 4.79 Å². The number of carbonyl (C=O) groups excluding carboxylic acids is 3. The van der Waals surface area contributed by atoms with E-state index in [1.807, 2.05) is 0 Å². The normalized spacial score (nSPS) is 16.2. The molecule has 30 heavy (non-hydrogen) atoms. The molecule has 1 fully saturated rings. The molecule has 0 spiro atoms. The highest BCUT2D eigenvalue weighted by Crippen LogP contribution is 2.27. The molecule has 0 aromatic rings. The number of nitrogens with one attached hydrogen (secondary N) is 3. The van der Waals surface area contributed by atoms with Crippen molar-refractivity contribution in [3.63, 3.8) is 0 Å². The Morgan fingerprint density at radius 1 is 1.10 bits per heavy atom. The van der Waals surface area contributed by atoms with Gasteiger partial charge in [0.1, 0.15) is 6.04 Å². The fraction of sp³-hybridized carbons (Fsp3) is 0.800. The van der Waals surface area contributed by atoms with Crippen LogP contribution in [0.3, 0.4) is 0 Å². The lowest BCUT2D eigenvalue weighted by atomic mass is 9.84. The van der Waals surface area contributed by atoms with Crippen LogP contribution in [0.15, 0.2) is 0 Å². The number of amides is 4. The van der Waals surface area contributed by atoms with E-state index in [0.29, 0.717) is 18.9 Å². The third-order valence-corrected chi connectivity index (χ3v) is 5.36. The van der Waals surface area contributed by atoms with E-state index >= 15 is 0 Å². The molecule has 5 N–H and O–H groups in total. The Kier molecular flexibility index (Phi) is 11.8. The molecule has 2 atom stereocenters. The van der Waals surface area contributed by atoms with Crippen molar-refractivity contribution >= 4 is 23.8 Å². The Balaban J connectivity index is 2.55. The van der Waals surface area contributed by atoms with Crippen LogP contribution in [0.4, 0.5) is 4.79 Å². The first-order valence-corrected chi connectivity index (χ1v) is 10.7. The molecule has 1 aliphatic carbocycles. The monoisotopic (exact) mass is 428 g/mol. The first kappa shape index (κ1) is 25.7. The van der Waals surface area contributed by atoms with Gasteiger partial charge in [-0.2, -0.15) is 0 Å². The molecule has 10 heteroatoms. The van der Waals surface area contributed by atoms with Crippen LogP contribution in [-0.2, 0) is 14.4 Å². The molecule has 0 aromatic carbocycles. The molecule has 2 unspecified atom stereocenters. The highest BCUT2D eigenvalue weighted by Gasteiger charge is 2.27. The Morgan fingerprint density at radius 3 is 2.33 bits per heavy atom. The average molecular weight is 429 g/mol. The van der Waals surface area contributed by atoms with E-state index in [1.54, 1.807) is 6.92 Å². The van der Waals surface area contributed by atoms with Crippen LogP contribution in [0.1, 0.15) is 58.3 Å². The van der Waals surface area contributed by atoms with Crippen molar-refractivity contribution in [1.82, 2.24) is 20.9 Å². The molecule has 0 aliphatic heterocycles. The standard InChI is InChI=1S/C20H36N4O6/c1-3-21-17(26)12-24(2)18(27)10-9-15(13-25)22-19(28)16(23-20(29)30)11-14-7-5-4-6-8-14/h14-16,23,25H,3-13H2,1-2H3,(H,21,26)(H,22,28)(H,29,30). The fourth-order valence-corrected chi connectivity index (χ4v) is 3.69. The zero-order valence-electron chi connectivity index (χ0n) is 18.0. The van der Waals surface area contributed by atoms with E-state index in [1.165, 1.54) is 11.9 Å². The number of hydrogen-bond acceptors (Lipinski definition) is 5. The highest BCUT2D eigenvalue weighted by molar-refractivity contribution is 5.86. The second kappa shape index (κ2) is 13.8. The fourth-order valence-electron chi connectivity index (χ4n) is 3.69. The van der Waals surface area contributed by atoms with Gasteiger partial charge in [0, 0.05) is 20.0 Å². The van der Waals surface area contributed by atoms with Crippen LogP contribution in [0.5, 0.6) is 0 Å². The summed E-state index contributed by atoms with van der Waals surface area (Å²) in [5.74, 6) is -0.745.